The average Bonchev–Trinajstić information content (AvgIpc) is 3.49. The first kappa shape index (κ1) is 28.0. The fraction of sp³-hybridized carbons (Fsp3) is 0.125. The number of nitrogens with one attached hydrogen (secondary N) is 1. The topological polar surface area (TPSA) is 76.2 Å². The summed E-state index contributed by atoms with van der Waals surface area (Å²) in [6.45, 7) is 4.24. The second kappa shape index (κ2) is 11.6. The number of nitrogens with zero attached hydrogens (tertiary/aromatic N) is 4. The smallest absolute Gasteiger partial charge is 0.269 e. The van der Waals surface area contributed by atoms with Crippen LogP contribution in [0.4, 0.5) is 11.4 Å². The van der Waals surface area contributed by atoms with Gasteiger partial charge in [-0.05, 0) is 110 Å². The first-order chi connectivity index (χ1) is 20.3. The molecule has 0 aliphatic carbocycles. The number of pyridine rings is 1. The zero-order chi connectivity index (χ0) is 29.4. The summed E-state index contributed by atoms with van der Waals surface area (Å²) in [5.41, 5.74) is 6.36. The lowest BCUT2D eigenvalue weighted by Gasteiger charge is -2.28. The summed E-state index contributed by atoms with van der Waals surface area (Å²) in [6, 6.07) is 30.5. The van der Waals surface area contributed by atoms with Crippen molar-refractivity contribution in [1.82, 2.24) is 14.9 Å². The van der Waals surface area contributed by atoms with Crippen LogP contribution in [-0.4, -0.2) is 19.6 Å². The van der Waals surface area contributed by atoms with Crippen molar-refractivity contribution in [2.75, 3.05) is 4.90 Å². The van der Waals surface area contributed by atoms with Crippen LogP contribution in [-0.2, 0) is 0 Å². The van der Waals surface area contributed by atoms with Crippen LogP contribution in [0.5, 0.6) is 0 Å². The third-order valence-electron chi connectivity index (χ3n) is 7.37. The fourth-order valence-corrected chi connectivity index (χ4v) is 6.76. The normalized spacial score (nSPS) is 16.5. The number of rotatable bonds is 7. The van der Waals surface area contributed by atoms with Crippen molar-refractivity contribution in [3.8, 4) is 5.69 Å². The molecule has 42 heavy (non-hydrogen) atoms. The molecule has 3 heterocycles. The van der Waals surface area contributed by atoms with Crippen molar-refractivity contribution in [2.45, 2.75) is 35.7 Å². The van der Waals surface area contributed by atoms with E-state index in [1.54, 1.807) is 30.1 Å². The summed E-state index contributed by atoms with van der Waals surface area (Å²) < 4.78 is 2.24. The lowest BCUT2D eigenvalue weighted by atomic mass is 9.96. The van der Waals surface area contributed by atoms with Crippen LogP contribution in [0.2, 0.25) is 5.02 Å². The Morgan fingerprint density at radius 2 is 1.57 bits per heavy atom. The number of aromatic nitrogens is 2. The molecule has 0 unspecified atom stereocenters. The van der Waals surface area contributed by atoms with E-state index in [4.69, 9.17) is 23.8 Å². The van der Waals surface area contributed by atoms with Gasteiger partial charge in [0.1, 0.15) is 0 Å². The SMILES string of the molecule is Cc1cc([C@H]2[C@H](c3ccccn3)NC(=S)N2c2ccc(Sc3ccc([N+](=O)[O-])cc3)cc2)c(C)n1-c1ccc(Cl)cc1. The largest absolute Gasteiger partial charge is 0.351 e. The summed E-state index contributed by atoms with van der Waals surface area (Å²) in [6.07, 6.45) is 1.81. The van der Waals surface area contributed by atoms with Crippen molar-refractivity contribution in [1.29, 1.82) is 0 Å². The first-order valence-corrected chi connectivity index (χ1v) is 14.9. The number of anilines is 1. The maximum absolute atomic E-state index is 11.0. The minimum atomic E-state index is -0.391. The second-order valence-corrected chi connectivity index (χ2v) is 12.0. The summed E-state index contributed by atoms with van der Waals surface area (Å²) in [4.78, 5) is 19.4. The number of hydrogen-bond acceptors (Lipinski definition) is 5. The summed E-state index contributed by atoms with van der Waals surface area (Å²) in [5, 5.41) is 15.9. The van der Waals surface area contributed by atoms with Gasteiger partial charge in [-0.2, -0.15) is 0 Å². The van der Waals surface area contributed by atoms with E-state index >= 15 is 0 Å². The Morgan fingerprint density at radius 1 is 0.929 bits per heavy atom. The molecule has 1 fully saturated rings. The third kappa shape index (κ3) is 5.38. The minimum absolute atomic E-state index is 0.0775. The monoisotopic (exact) mass is 611 g/mol. The number of halogens is 1. The zero-order valence-corrected chi connectivity index (χ0v) is 25.2. The summed E-state index contributed by atoms with van der Waals surface area (Å²) in [7, 11) is 0. The van der Waals surface area contributed by atoms with Crippen molar-refractivity contribution < 1.29 is 4.92 Å². The van der Waals surface area contributed by atoms with Gasteiger partial charge in [0.25, 0.3) is 5.69 Å². The van der Waals surface area contributed by atoms with Gasteiger partial charge in [0.2, 0.25) is 0 Å². The van der Waals surface area contributed by atoms with Crippen molar-refractivity contribution in [3.63, 3.8) is 0 Å². The fourth-order valence-electron chi connectivity index (χ4n) is 5.47. The lowest BCUT2D eigenvalue weighted by Crippen LogP contribution is -2.29. The van der Waals surface area contributed by atoms with Crippen molar-refractivity contribution >= 4 is 52.1 Å². The molecule has 210 valence electrons. The standard InChI is InChI=1S/C32H26ClN5O2S2/c1-20-19-28(21(2)36(20)23-8-6-22(33)7-9-23)31-30(29-5-3-4-18-34-29)35-32(41)37(31)24-10-14-26(15-11-24)42-27-16-12-25(13-17-27)38(39)40/h3-19,30-31H,1-2H3,(H,35,41)/t30-,31-/m0/s1. The molecule has 5 aromatic rings. The second-order valence-electron chi connectivity index (χ2n) is 9.98. The van der Waals surface area contributed by atoms with Gasteiger partial charge in [-0.15, -0.1) is 0 Å². The summed E-state index contributed by atoms with van der Waals surface area (Å²) in [5.74, 6) is 0. The number of nitro benzene ring substituents is 1. The van der Waals surface area contributed by atoms with Crippen molar-refractivity contribution in [3.05, 3.63) is 141 Å². The Bertz CT molecular complexity index is 1760. The average molecular weight is 612 g/mol. The van der Waals surface area contributed by atoms with Gasteiger partial charge < -0.3 is 14.8 Å². The number of thiocarbonyl (C=S) groups is 1. The molecule has 1 aliphatic rings. The molecule has 2 atom stereocenters. The Hall–Kier alpha value is -4.18. The van der Waals surface area contributed by atoms with Crippen LogP contribution in [0.3, 0.4) is 0 Å². The maximum Gasteiger partial charge on any atom is 0.269 e. The number of nitro groups is 1. The van der Waals surface area contributed by atoms with E-state index < -0.39 is 4.92 Å². The molecule has 0 bridgehead atoms. The van der Waals surface area contributed by atoms with E-state index in [0.717, 1.165) is 43.8 Å². The van der Waals surface area contributed by atoms with Crippen LogP contribution in [0.15, 0.2) is 113 Å². The van der Waals surface area contributed by atoms with Crippen LogP contribution in [0.1, 0.15) is 34.7 Å². The maximum atomic E-state index is 11.0. The van der Waals surface area contributed by atoms with E-state index in [1.807, 2.05) is 54.6 Å². The summed E-state index contributed by atoms with van der Waals surface area (Å²) >= 11 is 13.7. The van der Waals surface area contributed by atoms with Crippen LogP contribution >= 0.6 is 35.6 Å². The van der Waals surface area contributed by atoms with E-state index in [2.05, 4.69) is 51.8 Å². The molecule has 3 aromatic carbocycles. The van der Waals surface area contributed by atoms with Gasteiger partial charge in [-0.3, -0.25) is 15.1 Å². The highest BCUT2D eigenvalue weighted by atomic mass is 35.5. The quantitative estimate of drug-likeness (QED) is 0.112. The molecular weight excluding hydrogens is 586 g/mol. The Morgan fingerprint density at radius 3 is 2.19 bits per heavy atom. The van der Waals surface area contributed by atoms with Crippen LogP contribution < -0.4 is 10.2 Å². The number of non-ortho nitro benzene ring substituents is 1. The lowest BCUT2D eigenvalue weighted by molar-refractivity contribution is -0.384. The Labute approximate surface area is 258 Å². The molecule has 1 aliphatic heterocycles. The predicted octanol–water partition coefficient (Wildman–Crippen LogP) is 8.38. The zero-order valence-electron chi connectivity index (χ0n) is 22.8. The van der Waals surface area contributed by atoms with Gasteiger partial charge in [0, 0.05) is 55.9 Å². The Kier molecular flexibility index (Phi) is 7.72. The molecule has 1 saturated heterocycles. The van der Waals surface area contributed by atoms with E-state index in [0.29, 0.717) is 10.1 Å². The molecular formula is C32H26ClN5O2S2. The number of hydrogen-bond donors (Lipinski definition) is 1. The van der Waals surface area contributed by atoms with Crippen LogP contribution in [0, 0.1) is 24.0 Å². The van der Waals surface area contributed by atoms with Crippen LogP contribution in [0.25, 0.3) is 5.69 Å². The van der Waals surface area contributed by atoms with Gasteiger partial charge in [-0.25, -0.2) is 0 Å². The number of aryl methyl sites for hydroxylation is 1. The molecule has 10 heteroatoms. The van der Waals surface area contributed by atoms with Crippen molar-refractivity contribution in [2.24, 2.45) is 0 Å². The highest BCUT2D eigenvalue weighted by Crippen LogP contribution is 2.44. The van der Waals surface area contributed by atoms with Gasteiger partial charge in [0.15, 0.2) is 5.11 Å². The minimum Gasteiger partial charge on any atom is -0.351 e. The molecule has 7 nitrogen and oxygen atoms in total. The molecule has 0 spiro atoms. The molecule has 0 radical (unpaired) electrons. The van der Waals surface area contributed by atoms with Gasteiger partial charge in [-0.1, -0.05) is 29.4 Å². The highest BCUT2D eigenvalue weighted by molar-refractivity contribution is 7.99. The van der Waals surface area contributed by atoms with E-state index in [-0.39, 0.29) is 17.8 Å². The molecule has 2 aromatic heterocycles. The van der Waals surface area contributed by atoms with E-state index in [9.17, 15) is 10.1 Å². The predicted molar refractivity (Wildman–Crippen MR) is 172 cm³/mol. The molecule has 1 N–H and O–H groups in total. The molecule has 6 rings (SSSR count). The highest BCUT2D eigenvalue weighted by Gasteiger charge is 2.42. The first-order valence-electron chi connectivity index (χ1n) is 13.3. The molecule has 0 saturated carbocycles. The van der Waals surface area contributed by atoms with Gasteiger partial charge in [0.05, 0.1) is 22.7 Å². The number of benzene rings is 3. The van der Waals surface area contributed by atoms with Gasteiger partial charge >= 0.3 is 0 Å². The molecule has 0 amide bonds. The third-order valence-corrected chi connectivity index (χ3v) is 8.95. The Balaban J connectivity index is 1.37. The van der Waals surface area contributed by atoms with E-state index in [1.165, 1.54) is 12.1 Å².